The second-order valence-electron chi connectivity index (χ2n) is 11.7. The number of rotatable bonds is 6. The Hall–Kier alpha value is -3.48. The third-order valence-electron chi connectivity index (χ3n) is 8.81. The number of fused-ring (bicyclic) bond motifs is 1. The van der Waals surface area contributed by atoms with Crippen molar-refractivity contribution in [3.05, 3.63) is 64.9 Å². The van der Waals surface area contributed by atoms with Crippen LogP contribution in [-0.4, -0.2) is 80.1 Å². The van der Waals surface area contributed by atoms with Gasteiger partial charge in [0.15, 0.2) is 11.5 Å². The number of benzene rings is 1. The molecule has 5 heterocycles. The molecule has 1 saturated carbocycles. The molecule has 41 heavy (non-hydrogen) atoms. The maximum atomic E-state index is 13.8. The van der Waals surface area contributed by atoms with Gasteiger partial charge in [-0.3, -0.25) is 4.90 Å². The summed E-state index contributed by atoms with van der Waals surface area (Å²) in [5.41, 5.74) is 4.17. The predicted octanol–water partition coefficient (Wildman–Crippen LogP) is 3.83. The minimum Gasteiger partial charge on any atom is -0.393 e. The highest BCUT2D eigenvalue weighted by atomic mass is 19.4. The lowest BCUT2D eigenvalue weighted by Gasteiger charge is -2.57. The van der Waals surface area contributed by atoms with Crippen molar-refractivity contribution in [2.75, 3.05) is 44.3 Å². The first-order valence-corrected chi connectivity index (χ1v) is 14.0. The molecule has 3 aliphatic rings. The highest BCUT2D eigenvalue weighted by Gasteiger charge is 2.51. The van der Waals surface area contributed by atoms with E-state index in [9.17, 15) is 18.3 Å². The van der Waals surface area contributed by atoms with Crippen LogP contribution in [0, 0.1) is 12.3 Å². The van der Waals surface area contributed by atoms with E-state index in [1.807, 2.05) is 10.6 Å². The molecule has 2 saturated heterocycles. The topological polar surface area (TPSA) is 94.8 Å². The molecule has 3 aromatic heterocycles. The standard InChI is InChI=1S/C29H32F3N7O2/c1-18-19(3-2-4-22(18)29(30,31)32)9-25-24(14-37-15-28(16-37)11-20(40)12-28)35-27-21(23-13-33-17-34-23)10-26(36-39(25)27)38-5-7-41-8-6-38/h2-4,10,13,17,20,40H,5-9,11-12,14-16H2,1H3,(H,33,34). The number of aromatic amines is 1. The van der Waals surface area contributed by atoms with E-state index in [1.54, 1.807) is 18.6 Å². The van der Waals surface area contributed by atoms with Crippen molar-refractivity contribution in [2.24, 2.45) is 5.41 Å². The SMILES string of the molecule is Cc1c(Cc2c(CN3CC4(CC(O)C4)C3)nc3c(-c4cnc[nH]4)cc(N4CCOCC4)nn23)cccc1C(F)(F)F. The third-order valence-corrected chi connectivity index (χ3v) is 8.81. The van der Waals surface area contributed by atoms with Crippen molar-refractivity contribution in [3.8, 4) is 11.3 Å². The minimum atomic E-state index is -4.43. The first-order chi connectivity index (χ1) is 19.7. The van der Waals surface area contributed by atoms with Gasteiger partial charge in [-0.05, 0) is 43.0 Å². The van der Waals surface area contributed by atoms with Gasteiger partial charge in [0.05, 0.1) is 54.5 Å². The van der Waals surface area contributed by atoms with E-state index in [-0.39, 0.29) is 23.5 Å². The Morgan fingerprint density at radius 2 is 1.95 bits per heavy atom. The van der Waals surface area contributed by atoms with E-state index in [1.165, 1.54) is 13.0 Å². The first kappa shape index (κ1) is 26.4. The first-order valence-electron chi connectivity index (χ1n) is 14.0. The zero-order valence-electron chi connectivity index (χ0n) is 22.8. The number of imidazole rings is 2. The summed E-state index contributed by atoms with van der Waals surface area (Å²) in [5, 5.41) is 14.9. The summed E-state index contributed by atoms with van der Waals surface area (Å²) in [6, 6.07) is 6.35. The van der Waals surface area contributed by atoms with Crippen molar-refractivity contribution in [2.45, 2.75) is 45.0 Å². The Labute approximate surface area is 235 Å². The van der Waals surface area contributed by atoms with Crippen LogP contribution in [-0.2, 0) is 23.9 Å². The summed E-state index contributed by atoms with van der Waals surface area (Å²) in [6.45, 7) is 6.40. The van der Waals surface area contributed by atoms with Gasteiger partial charge in [-0.1, -0.05) is 12.1 Å². The van der Waals surface area contributed by atoms with Gasteiger partial charge in [-0.25, -0.2) is 14.5 Å². The van der Waals surface area contributed by atoms with E-state index in [0.717, 1.165) is 60.5 Å². The van der Waals surface area contributed by atoms with Crippen LogP contribution in [0.2, 0.25) is 0 Å². The smallest absolute Gasteiger partial charge is 0.393 e. The summed E-state index contributed by atoms with van der Waals surface area (Å²) in [4.78, 5) is 16.9. The van der Waals surface area contributed by atoms with Gasteiger partial charge < -0.3 is 19.7 Å². The minimum absolute atomic E-state index is 0.180. The molecule has 0 radical (unpaired) electrons. The van der Waals surface area contributed by atoms with Crippen LogP contribution >= 0.6 is 0 Å². The lowest BCUT2D eigenvalue weighted by molar-refractivity contribution is -0.138. The van der Waals surface area contributed by atoms with Gasteiger partial charge in [-0.2, -0.15) is 13.2 Å². The molecule has 1 aliphatic carbocycles. The van der Waals surface area contributed by atoms with Crippen molar-refractivity contribution < 1.29 is 23.0 Å². The third kappa shape index (κ3) is 4.77. The van der Waals surface area contributed by atoms with Crippen LogP contribution < -0.4 is 4.90 Å². The number of aliphatic hydroxyl groups excluding tert-OH is 1. The molecule has 2 aliphatic heterocycles. The van der Waals surface area contributed by atoms with Crippen molar-refractivity contribution >= 4 is 11.5 Å². The van der Waals surface area contributed by atoms with Crippen LogP contribution in [0.4, 0.5) is 19.0 Å². The highest BCUT2D eigenvalue weighted by Crippen LogP contribution is 2.48. The monoisotopic (exact) mass is 567 g/mol. The number of morpholine rings is 1. The van der Waals surface area contributed by atoms with E-state index in [0.29, 0.717) is 44.1 Å². The molecular formula is C29H32F3N7O2. The average molecular weight is 568 g/mol. The lowest BCUT2D eigenvalue weighted by Crippen LogP contribution is -2.63. The molecular weight excluding hydrogens is 535 g/mol. The molecule has 12 heteroatoms. The van der Waals surface area contributed by atoms with Gasteiger partial charge in [-0.15, -0.1) is 5.10 Å². The quantitative estimate of drug-likeness (QED) is 0.366. The number of anilines is 1. The number of ether oxygens (including phenoxy) is 1. The van der Waals surface area contributed by atoms with Gasteiger partial charge in [0, 0.05) is 50.1 Å². The molecule has 0 bridgehead atoms. The molecule has 2 N–H and O–H groups in total. The number of nitrogens with zero attached hydrogens (tertiary/aromatic N) is 6. The van der Waals surface area contributed by atoms with E-state index in [4.69, 9.17) is 14.8 Å². The molecule has 9 nitrogen and oxygen atoms in total. The Kier molecular flexibility index (Phi) is 6.32. The Morgan fingerprint density at radius 3 is 2.63 bits per heavy atom. The average Bonchev–Trinajstić information content (AvgIpc) is 3.56. The largest absolute Gasteiger partial charge is 0.416 e. The number of hydrogen-bond donors (Lipinski definition) is 2. The number of aliphatic hydroxyl groups is 1. The number of nitrogens with one attached hydrogen (secondary N) is 1. The van der Waals surface area contributed by atoms with Crippen LogP contribution in [0.5, 0.6) is 0 Å². The van der Waals surface area contributed by atoms with E-state index in [2.05, 4.69) is 19.8 Å². The van der Waals surface area contributed by atoms with Crippen LogP contribution in [0.25, 0.3) is 16.9 Å². The summed E-state index contributed by atoms with van der Waals surface area (Å²) in [6.07, 6.45) is 0.600. The fourth-order valence-corrected chi connectivity index (χ4v) is 6.74. The number of alkyl halides is 3. The summed E-state index contributed by atoms with van der Waals surface area (Å²) in [5.74, 6) is 0.753. The van der Waals surface area contributed by atoms with Gasteiger partial charge in [0.2, 0.25) is 0 Å². The Morgan fingerprint density at radius 1 is 1.17 bits per heavy atom. The molecule has 3 fully saturated rings. The molecule has 1 spiro atoms. The van der Waals surface area contributed by atoms with Crippen molar-refractivity contribution in [1.82, 2.24) is 29.5 Å². The number of aromatic nitrogens is 5. The molecule has 0 atom stereocenters. The van der Waals surface area contributed by atoms with E-state index < -0.39 is 11.7 Å². The molecule has 4 aromatic rings. The summed E-state index contributed by atoms with van der Waals surface area (Å²) >= 11 is 0. The zero-order chi connectivity index (χ0) is 28.4. The molecule has 0 unspecified atom stereocenters. The van der Waals surface area contributed by atoms with Crippen LogP contribution in [0.15, 0.2) is 36.8 Å². The number of likely N-dealkylation sites (tertiary alicyclic amines) is 1. The maximum absolute atomic E-state index is 13.8. The van der Waals surface area contributed by atoms with Crippen molar-refractivity contribution in [1.29, 1.82) is 0 Å². The molecule has 1 aromatic carbocycles. The number of halogens is 3. The fraction of sp³-hybridized carbons (Fsp3) is 0.483. The summed E-state index contributed by atoms with van der Waals surface area (Å²) in [7, 11) is 0. The van der Waals surface area contributed by atoms with Crippen LogP contribution in [0.1, 0.15) is 40.9 Å². The van der Waals surface area contributed by atoms with Crippen LogP contribution in [0.3, 0.4) is 0 Å². The summed E-state index contributed by atoms with van der Waals surface area (Å²) < 4.78 is 48.8. The molecule has 7 rings (SSSR count). The van der Waals surface area contributed by atoms with Gasteiger partial charge in [0.25, 0.3) is 0 Å². The second kappa shape index (κ2) is 9.81. The second-order valence-corrected chi connectivity index (χ2v) is 11.7. The Balaban J connectivity index is 1.34. The van der Waals surface area contributed by atoms with Gasteiger partial charge >= 0.3 is 6.18 Å². The predicted molar refractivity (Wildman–Crippen MR) is 146 cm³/mol. The highest BCUT2D eigenvalue weighted by molar-refractivity contribution is 5.77. The fourth-order valence-electron chi connectivity index (χ4n) is 6.74. The van der Waals surface area contributed by atoms with Crippen molar-refractivity contribution in [3.63, 3.8) is 0 Å². The number of H-pyrrole nitrogens is 1. The van der Waals surface area contributed by atoms with E-state index >= 15 is 0 Å². The maximum Gasteiger partial charge on any atom is 0.416 e. The lowest BCUT2D eigenvalue weighted by atomic mass is 9.62. The van der Waals surface area contributed by atoms with Gasteiger partial charge in [0.1, 0.15) is 0 Å². The normalized spacial score (nSPS) is 19.6. The number of hydrogen-bond acceptors (Lipinski definition) is 7. The molecule has 0 amide bonds. The Bertz CT molecular complexity index is 1560. The zero-order valence-corrected chi connectivity index (χ0v) is 22.8. The molecule has 216 valence electrons.